The molecule has 0 fully saturated rings. The zero-order valence-electron chi connectivity index (χ0n) is 15.0. The number of aryl methyl sites for hydroxylation is 4. The number of amides is 1. The van der Waals surface area contributed by atoms with Crippen LogP contribution in [0.2, 0.25) is 0 Å². The minimum absolute atomic E-state index is 0.0239. The molecule has 0 radical (unpaired) electrons. The Kier molecular flexibility index (Phi) is 4.36. The zero-order chi connectivity index (χ0) is 18.3. The quantitative estimate of drug-likeness (QED) is 0.768. The molecule has 0 unspecified atom stereocenters. The molecule has 2 aromatic heterocycles. The molecule has 0 saturated carbocycles. The summed E-state index contributed by atoms with van der Waals surface area (Å²) in [6.45, 7) is 4.01. The van der Waals surface area contributed by atoms with Crippen LogP contribution in [0.4, 0.5) is 5.69 Å². The van der Waals surface area contributed by atoms with Crippen molar-refractivity contribution < 1.29 is 4.79 Å². The van der Waals surface area contributed by atoms with Gasteiger partial charge < -0.3 is 5.32 Å². The fraction of sp³-hybridized carbons (Fsp3) is 0.350. The number of para-hydroxylation sites is 1. The molecule has 0 bridgehead atoms. The van der Waals surface area contributed by atoms with Gasteiger partial charge in [0.15, 0.2) is 0 Å². The SMILES string of the molecule is CCc1cccc(C)c1NC(=O)Cn1cnc2sc3c(c2c1=O)CCC3. The van der Waals surface area contributed by atoms with Crippen LogP contribution in [0.1, 0.15) is 34.9 Å². The molecule has 6 heteroatoms. The third kappa shape index (κ3) is 2.84. The van der Waals surface area contributed by atoms with Crippen LogP contribution in [0, 0.1) is 6.92 Å². The summed E-state index contributed by atoms with van der Waals surface area (Å²) in [6.07, 6.45) is 5.40. The van der Waals surface area contributed by atoms with Gasteiger partial charge in [0.2, 0.25) is 5.91 Å². The van der Waals surface area contributed by atoms with Crippen molar-refractivity contribution in [1.29, 1.82) is 0 Å². The number of hydrogen-bond acceptors (Lipinski definition) is 4. The Hall–Kier alpha value is -2.47. The average molecular weight is 367 g/mol. The van der Waals surface area contributed by atoms with E-state index in [0.29, 0.717) is 5.39 Å². The molecule has 1 aliphatic carbocycles. The normalized spacial score (nSPS) is 13.2. The van der Waals surface area contributed by atoms with Gasteiger partial charge in [-0.1, -0.05) is 25.1 Å². The third-order valence-electron chi connectivity index (χ3n) is 5.01. The topological polar surface area (TPSA) is 64.0 Å². The number of carbonyl (C=O) groups excluding carboxylic acids is 1. The minimum Gasteiger partial charge on any atom is -0.324 e. The highest BCUT2D eigenvalue weighted by atomic mass is 32.1. The fourth-order valence-corrected chi connectivity index (χ4v) is 4.89. The van der Waals surface area contributed by atoms with E-state index < -0.39 is 0 Å². The Balaban J connectivity index is 1.63. The van der Waals surface area contributed by atoms with Crippen molar-refractivity contribution in [3.8, 4) is 0 Å². The molecule has 0 spiro atoms. The van der Waals surface area contributed by atoms with E-state index in [-0.39, 0.29) is 18.0 Å². The first-order chi connectivity index (χ1) is 12.6. The van der Waals surface area contributed by atoms with Gasteiger partial charge in [-0.15, -0.1) is 11.3 Å². The zero-order valence-corrected chi connectivity index (χ0v) is 15.8. The van der Waals surface area contributed by atoms with Crippen LogP contribution >= 0.6 is 11.3 Å². The number of rotatable bonds is 4. The van der Waals surface area contributed by atoms with E-state index in [0.717, 1.165) is 52.9 Å². The number of carbonyl (C=O) groups is 1. The first-order valence-electron chi connectivity index (χ1n) is 8.96. The Morgan fingerprint density at radius 1 is 1.35 bits per heavy atom. The van der Waals surface area contributed by atoms with Crippen LogP contribution < -0.4 is 10.9 Å². The standard InChI is InChI=1S/C20H21N3O2S/c1-3-13-7-4-6-12(2)18(13)22-16(24)10-23-11-21-19-17(20(23)25)14-8-5-9-15(14)26-19/h4,6-7,11H,3,5,8-10H2,1-2H3,(H,22,24). The molecule has 0 atom stereocenters. The highest BCUT2D eigenvalue weighted by Gasteiger charge is 2.21. The van der Waals surface area contributed by atoms with Gasteiger partial charge in [0.05, 0.1) is 11.7 Å². The van der Waals surface area contributed by atoms with E-state index in [2.05, 4.69) is 17.2 Å². The summed E-state index contributed by atoms with van der Waals surface area (Å²) in [6, 6.07) is 5.98. The molecule has 1 amide bonds. The first kappa shape index (κ1) is 17.0. The molecule has 0 aliphatic heterocycles. The van der Waals surface area contributed by atoms with Crippen molar-refractivity contribution in [3.63, 3.8) is 0 Å². The smallest absolute Gasteiger partial charge is 0.262 e. The van der Waals surface area contributed by atoms with Gasteiger partial charge in [0, 0.05) is 10.6 Å². The van der Waals surface area contributed by atoms with Gasteiger partial charge in [0.25, 0.3) is 5.56 Å². The second-order valence-electron chi connectivity index (χ2n) is 6.73. The van der Waals surface area contributed by atoms with Gasteiger partial charge in [0.1, 0.15) is 11.4 Å². The number of hydrogen-bond donors (Lipinski definition) is 1. The van der Waals surface area contributed by atoms with Crippen LogP contribution in [0.25, 0.3) is 10.2 Å². The summed E-state index contributed by atoms with van der Waals surface area (Å²) >= 11 is 1.61. The summed E-state index contributed by atoms with van der Waals surface area (Å²) in [4.78, 5) is 31.9. The van der Waals surface area contributed by atoms with Crippen molar-refractivity contribution in [3.05, 3.63) is 56.4 Å². The summed E-state index contributed by atoms with van der Waals surface area (Å²) in [5.74, 6) is -0.205. The van der Waals surface area contributed by atoms with Crippen molar-refractivity contribution in [1.82, 2.24) is 9.55 Å². The lowest BCUT2D eigenvalue weighted by atomic mass is 10.1. The fourth-order valence-electron chi connectivity index (χ4n) is 3.67. The van der Waals surface area contributed by atoms with Crippen molar-refractivity contribution in [2.75, 3.05) is 5.32 Å². The Morgan fingerprint density at radius 3 is 3.00 bits per heavy atom. The monoisotopic (exact) mass is 367 g/mol. The van der Waals surface area contributed by atoms with Crippen LogP contribution in [0.15, 0.2) is 29.3 Å². The number of nitrogens with zero attached hydrogens (tertiary/aromatic N) is 2. The Morgan fingerprint density at radius 2 is 2.19 bits per heavy atom. The van der Waals surface area contributed by atoms with E-state index >= 15 is 0 Å². The molecular weight excluding hydrogens is 346 g/mol. The van der Waals surface area contributed by atoms with E-state index in [1.54, 1.807) is 11.3 Å². The lowest BCUT2D eigenvalue weighted by Crippen LogP contribution is -2.28. The van der Waals surface area contributed by atoms with E-state index in [1.807, 2.05) is 25.1 Å². The molecule has 0 saturated heterocycles. The van der Waals surface area contributed by atoms with Gasteiger partial charge in [-0.05, 0) is 49.3 Å². The minimum atomic E-state index is -0.205. The molecule has 1 aromatic carbocycles. The molecule has 134 valence electrons. The molecular formula is C20H21N3O2S. The summed E-state index contributed by atoms with van der Waals surface area (Å²) in [5.41, 5.74) is 4.00. The Labute approximate surface area is 155 Å². The summed E-state index contributed by atoms with van der Waals surface area (Å²) in [5, 5.41) is 3.69. The van der Waals surface area contributed by atoms with Crippen LogP contribution in [0.3, 0.4) is 0 Å². The first-order valence-corrected chi connectivity index (χ1v) is 9.78. The second kappa shape index (κ2) is 6.68. The highest BCUT2D eigenvalue weighted by molar-refractivity contribution is 7.18. The Bertz CT molecular complexity index is 1060. The van der Waals surface area contributed by atoms with Crippen LogP contribution in [0.5, 0.6) is 0 Å². The highest BCUT2D eigenvalue weighted by Crippen LogP contribution is 2.34. The number of anilines is 1. The van der Waals surface area contributed by atoms with E-state index in [1.165, 1.54) is 15.8 Å². The van der Waals surface area contributed by atoms with Gasteiger partial charge in [-0.25, -0.2) is 4.98 Å². The number of aromatic nitrogens is 2. The molecule has 4 rings (SSSR count). The van der Waals surface area contributed by atoms with Crippen molar-refractivity contribution >= 4 is 33.1 Å². The predicted molar refractivity (Wildman–Crippen MR) is 105 cm³/mol. The maximum absolute atomic E-state index is 12.9. The maximum atomic E-state index is 12.9. The number of thiophene rings is 1. The molecule has 1 aliphatic rings. The largest absolute Gasteiger partial charge is 0.324 e. The maximum Gasteiger partial charge on any atom is 0.262 e. The lowest BCUT2D eigenvalue weighted by Gasteiger charge is -2.13. The molecule has 2 heterocycles. The number of fused-ring (bicyclic) bond motifs is 3. The molecule has 1 N–H and O–H groups in total. The lowest BCUT2D eigenvalue weighted by molar-refractivity contribution is -0.116. The summed E-state index contributed by atoms with van der Waals surface area (Å²) < 4.78 is 1.42. The van der Waals surface area contributed by atoms with E-state index in [4.69, 9.17) is 0 Å². The number of nitrogens with one attached hydrogen (secondary N) is 1. The average Bonchev–Trinajstić information content (AvgIpc) is 3.20. The van der Waals surface area contributed by atoms with Gasteiger partial charge in [-0.3, -0.25) is 14.2 Å². The van der Waals surface area contributed by atoms with Crippen LogP contribution in [-0.2, 0) is 30.6 Å². The van der Waals surface area contributed by atoms with Crippen LogP contribution in [-0.4, -0.2) is 15.5 Å². The van der Waals surface area contributed by atoms with Gasteiger partial charge >= 0.3 is 0 Å². The molecule has 3 aromatic rings. The molecule has 5 nitrogen and oxygen atoms in total. The summed E-state index contributed by atoms with van der Waals surface area (Å²) in [7, 11) is 0. The third-order valence-corrected chi connectivity index (χ3v) is 6.21. The predicted octanol–water partition coefficient (Wildman–Crippen LogP) is 3.46. The second-order valence-corrected chi connectivity index (χ2v) is 7.81. The van der Waals surface area contributed by atoms with E-state index in [9.17, 15) is 9.59 Å². The van der Waals surface area contributed by atoms with Crippen molar-refractivity contribution in [2.45, 2.75) is 46.1 Å². The van der Waals surface area contributed by atoms with Crippen molar-refractivity contribution in [2.24, 2.45) is 0 Å². The molecule has 26 heavy (non-hydrogen) atoms. The van der Waals surface area contributed by atoms with Gasteiger partial charge in [-0.2, -0.15) is 0 Å². The number of benzene rings is 1.